The molecule has 0 spiro atoms. The van der Waals surface area contributed by atoms with Gasteiger partial charge in [-0.15, -0.1) is 0 Å². The molecule has 0 radical (unpaired) electrons. The molecule has 128 valence electrons. The molecule has 5 nitrogen and oxygen atoms in total. The van der Waals surface area contributed by atoms with Gasteiger partial charge >= 0.3 is 11.9 Å². The van der Waals surface area contributed by atoms with E-state index >= 15 is 0 Å². The third-order valence-corrected chi connectivity index (χ3v) is 3.31. The number of carboxylic acid groups (broad SMARTS) is 1. The highest BCUT2D eigenvalue weighted by Gasteiger charge is 2.15. The van der Waals surface area contributed by atoms with Gasteiger partial charge in [0, 0.05) is 6.42 Å². The largest absolute Gasteiger partial charge is 0.479 e. The van der Waals surface area contributed by atoms with Crippen molar-refractivity contribution in [3.8, 4) is 0 Å². The van der Waals surface area contributed by atoms with Gasteiger partial charge in [0.15, 0.2) is 6.10 Å². The molecule has 0 rings (SSSR count). The first kappa shape index (κ1) is 20.6. The second-order valence-electron chi connectivity index (χ2n) is 5.46. The minimum atomic E-state index is -1.63. The molecule has 0 amide bonds. The molecule has 0 bridgehead atoms. The highest BCUT2D eigenvalue weighted by Crippen LogP contribution is 2.09. The summed E-state index contributed by atoms with van der Waals surface area (Å²) in [5, 5.41) is 17.4. The molecule has 5 heteroatoms. The van der Waals surface area contributed by atoms with Gasteiger partial charge < -0.3 is 14.9 Å². The Kier molecular flexibility index (Phi) is 13.7. The summed E-state index contributed by atoms with van der Waals surface area (Å²) in [5.74, 6) is -1.82. The number of carboxylic acids is 1. The van der Waals surface area contributed by atoms with Crippen LogP contribution in [0.3, 0.4) is 0 Å². The molecule has 0 aromatic carbocycles. The zero-order valence-corrected chi connectivity index (χ0v) is 13.6. The maximum Gasteiger partial charge on any atom is 0.336 e. The van der Waals surface area contributed by atoms with Gasteiger partial charge in [-0.05, 0) is 25.7 Å². The van der Waals surface area contributed by atoms with Gasteiger partial charge in [0.05, 0.1) is 0 Å². The summed E-state index contributed by atoms with van der Waals surface area (Å²) in [6.07, 6.45) is 13.1. The summed E-state index contributed by atoms with van der Waals surface area (Å²) < 4.78 is 4.68. The van der Waals surface area contributed by atoms with Crippen LogP contribution >= 0.6 is 0 Å². The van der Waals surface area contributed by atoms with Gasteiger partial charge in [-0.25, -0.2) is 4.79 Å². The van der Waals surface area contributed by atoms with Crippen LogP contribution in [0.2, 0.25) is 0 Å². The summed E-state index contributed by atoms with van der Waals surface area (Å²) >= 11 is 0. The van der Waals surface area contributed by atoms with E-state index in [4.69, 9.17) is 10.2 Å². The van der Waals surface area contributed by atoms with Crippen LogP contribution < -0.4 is 0 Å². The third-order valence-electron chi connectivity index (χ3n) is 3.31. The molecule has 0 aliphatic heterocycles. The number of ether oxygens (including phenoxy) is 1. The van der Waals surface area contributed by atoms with Crippen molar-refractivity contribution in [1.82, 2.24) is 0 Å². The molecule has 2 N–H and O–H groups in total. The summed E-state index contributed by atoms with van der Waals surface area (Å²) in [7, 11) is 0. The van der Waals surface area contributed by atoms with Crippen molar-refractivity contribution in [2.45, 2.75) is 77.2 Å². The average Bonchev–Trinajstić information content (AvgIpc) is 2.50. The monoisotopic (exact) mass is 314 g/mol. The lowest BCUT2D eigenvalue weighted by Crippen LogP contribution is -2.26. The number of rotatable bonds is 14. The molecule has 1 atom stereocenters. The van der Waals surface area contributed by atoms with Crippen LogP contribution in [0.5, 0.6) is 0 Å². The molecule has 0 aliphatic carbocycles. The Morgan fingerprint density at radius 3 is 2.23 bits per heavy atom. The van der Waals surface area contributed by atoms with Crippen LogP contribution in [0.1, 0.15) is 71.1 Å². The Labute approximate surface area is 133 Å². The topological polar surface area (TPSA) is 83.8 Å². The first-order valence-corrected chi connectivity index (χ1v) is 8.29. The van der Waals surface area contributed by atoms with Gasteiger partial charge in [0.2, 0.25) is 0 Å². The number of carbonyl (C=O) groups excluding carboxylic acids is 1. The van der Waals surface area contributed by atoms with Crippen LogP contribution in [0.4, 0.5) is 0 Å². The Morgan fingerprint density at radius 1 is 1.00 bits per heavy atom. The van der Waals surface area contributed by atoms with Gasteiger partial charge in [0.1, 0.15) is 6.61 Å². The maximum absolute atomic E-state index is 11.3. The molecule has 0 saturated carbocycles. The van der Waals surface area contributed by atoms with Gasteiger partial charge in [-0.3, -0.25) is 4.79 Å². The van der Waals surface area contributed by atoms with Crippen molar-refractivity contribution in [1.29, 1.82) is 0 Å². The maximum atomic E-state index is 11.3. The van der Waals surface area contributed by atoms with Crippen molar-refractivity contribution < 1.29 is 24.5 Å². The van der Waals surface area contributed by atoms with E-state index < -0.39 is 24.6 Å². The van der Waals surface area contributed by atoms with E-state index in [9.17, 15) is 9.59 Å². The number of carbonyl (C=O) groups is 2. The lowest BCUT2D eigenvalue weighted by Gasteiger charge is -2.07. The predicted octanol–water partition coefficient (Wildman–Crippen LogP) is 3.45. The number of aliphatic hydroxyl groups excluding tert-OH is 1. The van der Waals surface area contributed by atoms with Gasteiger partial charge in [-0.2, -0.15) is 0 Å². The molecule has 0 heterocycles. The Morgan fingerprint density at radius 2 is 1.59 bits per heavy atom. The molecule has 0 unspecified atom stereocenters. The van der Waals surface area contributed by atoms with Crippen LogP contribution in [-0.2, 0) is 14.3 Å². The number of aliphatic hydroxyl groups is 1. The van der Waals surface area contributed by atoms with Crippen molar-refractivity contribution in [3.63, 3.8) is 0 Å². The fourth-order valence-electron chi connectivity index (χ4n) is 1.96. The van der Waals surface area contributed by atoms with Crippen molar-refractivity contribution in [2.75, 3.05) is 6.61 Å². The van der Waals surface area contributed by atoms with Crippen molar-refractivity contribution in [2.24, 2.45) is 0 Å². The summed E-state index contributed by atoms with van der Waals surface area (Å²) in [6.45, 7) is 1.70. The molecule has 22 heavy (non-hydrogen) atoms. The smallest absolute Gasteiger partial charge is 0.336 e. The van der Waals surface area contributed by atoms with E-state index in [1.165, 1.54) is 32.1 Å². The quantitative estimate of drug-likeness (QED) is 0.291. The normalized spacial score (nSPS) is 12.5. The average molecular weight is 314 g/mol. The minimum absolute atomic E-state index is 0.284. The fraction of sp³-hybridized carbons (Fsp3) is 0.765. The van der Waals surface area contributed by atoms with Crippen molar-refractivity contribution in [3.05, 3.63) is 12.2 Å². The van der Waals surface area contributed by atoms with Gasteiger partial charge in [0.25, 0.3) is 0 Å². The van der Waals surface area contributed by atoms with Gasteiger partial charge in [-0.1, -0.05) is 51.2 Å². The van der Waals surface area contributed by atoms with E-state index in [0.29, 0.717) is 0 Å². The summed E-state index contributed by atoms with van der Waals surface area (Å²) in [5.41, 5.74) is 0. The number of unbranched alkanes of at least 4 members (excludes halogenated alkanes) is 7. The molecule has 0 aliphatic rings. The standard InChI is InChI=1S/C17H30O5/c1-2-3-4-5-6-7-8-9-10-11-12-13-16(19)22-14-15(18)17(20)21/h4-5,15,18H,2-3,6-14H2,1H3,(H,20,21)/b5-4+/t15-/m0/s1. The van der Waals surface area contributed by atoms with Crippen LogP contribution in [-0.4, -0.2) is 34.9 Å². The molecule has 0 aromatic rings. The molecular formula is C17H30O5. The zero-order chi connectivity index (χ0) is 16.6. The number of esters is 1. The van der Waals surface area contributed by atoms with E-state index in [-0.39, 0.29) is 6.42 Å². The Bertz CT molecular complexity index is 325. The second-order valence-corrected chi connectivity index (χ2v) is 5.46. The van der Waals surface area contributed by atoms with Crippen LogP contribution in [0, 0.1) is 0 Å². The Balaban J connectivity index is 3.32. The first-order chi connectivity index (χ1) is 10.6. The van der Waals surface area contributed by atoms with Crippen LogP contribution in [0.25, 0.3) is 0 Å². The predicted molar refractivity (Wildman–Crippen MR) is 85.6 cm³/mol. The Hall–Kier alpha value is -1.36. The summed E-state index contributed by atoms with van der Waals surface area (Å²) in [6, 6.07) is 0. The van der Waals surface area contributed by atoms with E-state index in [1.807, 2.05) is 0 Å². The number of allylic oxidation sites excluding steroid dienone is 2. The van der Waals surface area contributed by atoms with Crippen LogP contribution in [0.15, 0.2) is 12.2 Å². The lowest BCUT2D eigenvalue weighted by molar-refractivity contribution is -0.156. The minimum Gasteiger partial charge on any atom is -0.479 e. The molecular weight excluding hydrogens is 284 g/mol. The molecule has 0 fully saturated rings. The third kappa shape index (κ3) is 13.6. The van der Waals surface area contributed by atoms with E-state index in [0.717, 1.165) is 25.7 Å². The highest BCUT2D eigenvalue weighted by atomic mass is 16.5. The number of hydrogen-bond donors (Lipinski definition) is 2. The highest BCUT2D eigenvalue weighted by molar-refractivity contribution is 5.73. The molecule has 0 saturated heterocycles. The first-order valence-electron chi connectivity index (χ1n) is 8.29. The summed E-state index contributed by atoms with van der Waals surface area (Å²) in [4.78, 5) is 21.6. The van der Waals surface area contributed by atoms with Crippen molar-refractivity contribution >= 4 is 11.9 Å². The number of hydrogen-bond acceptors (Lipinski definition) is 4. The zero-order valence-electron chi connectivity index (χ0n) is 13.6. The number of aliphatic carboxylic acids is 1. The second kappa shape index (κ2) is 14.6. The van der Waals surface area contributed by atoms with E-state index in [2.05, 4.69) is 23.8 Å². The molecule has 0 aromatic heterocycles. The lowest BCUT2D eigenvalue weighted by atomic mass is 10.1. The van der Waals surface area contributed by atoms with E-state index in [1.54, 1.807) is 0 Å². The fourth-order valence-corrected chi connectivity index (χ4v) is 1.96. The SMILES string of the molecule is CCC/C=C/CCCCCCCCC(=O)OC[C@H](O)C(=O)O.